The third-order valence-corrected chi connectivity index (χ3v) is 10.1. The average Bonchev–Trinajstić information content (AvgIpc) is 2.95. The van der Waals surface area contributed by atoms with Gasteiger partial charge in [0.1, 0.15) is 5.60 Å². The summed E-state index contributed by atoms with van der Waals surface area (Å²) in [6.45, 7) is 9.43. The number of aliphatic hydroxyl groups is 2. The summed E-state index contributed by atoms with van der Waals surface area (Å²) in [5, 5.41) is 21.6. The number of carbonyl (C=O) groups is 1. The van der Waals surface area contributed by atoms with Gasteiger partial charge in [0.05, 0.1) is 6.10 Å². The van der Waals surface area contributed by atoms with Gasteiger partial charge in [-0.05, 0) is 73.5 Å². The maximum absolute atomic E-state index is 13.2. The Kier molecular flexibility index (Phi) is 4.83. The van der Waals surface area contributed by atoms with E-state index in [0.717, 1.165) is 31.1 Å². The SMILES string of the molecule is CCC[C@@H](C)[C@H]1CC[C@H]2[C@@H]3CC(=O)[C@@]4(O)C[C@@H](O)CC[C@]4(C)[C@H]3CC[C@]12C. The Labute approximate surface area is 165 Å². The van der Waals surface area contributed by atoms with Gasteiger partial charge < -0.3 is 10.2 Å². The molecule has 0 aromatic carbocycles. The molecule has 27 heavy (non-hydrogen) atoms. The first-order valence-electron chi connectivity index (χ1n) is 11.6. The van der Waals surface area contributed by atoms with Crippen LogP contribution >= 0.6 is 0 Å². The molecule has 2 N–H and O–H groups in total. The van der Waals surface area contributed by atoms with Crippen LogP contribution in [-0.2, 0) is 4.79 Å². The highest BCUT2D eigenvalue weighted by Gasteiger charge is 2.67. The first kappa shape index (κ1) is 19.9. The highest BCUT2D eigenvalue weighted by Crippen LogP contribution is 2.68. The third-order valence-electron chi connectivity index (χ3n) is 10.1. The number of hydrogen-bond donors (Lipinski definition) is 2. The van der Waals surface area contributed by atoms with Gasteiger partial charge in [-0.2, -0.15) is 0 Å². The molecule has 0 aromatic rings. The highest BCUT2D eigenvalue weighted by molar-refractivity contribution is 5.89. The molecule has 154 valence electrons. The van der Waals surface area contributed by atoms with E-state index in [4.69, 9.17) is 0 Å². The molecule has 0 heterocycles. The van der Waals surface area contributed by atoms with Crippen molar-refractivity contribution in [3.63, 3.8) is 0 Å². The summed E-state index contributed by atoms with van der Waals surface area (Å²) in [6, 6.07) is 0. The molecule has 4 aliphatic rings. The summed E-state index contributed by atoms with van der Waals surface area (Å²) in [5.74, 6) is 3.11. The molecule has 4 rings (SSSR count). The number of carbonyl (C=O) groups excluding carboxylic acids is 1. The molecule has 0 amide bonds. The Balaban J connectivity index is 1.64. The lowest BCUT2D eigenvalue weighted by Gasteiger charge is -2.63. The average molecular weight is 377 g/mol. The second kappa shape index (κ2) is 6.55. The zero-order valence-electron chi connectivity index (χ0n) is 17.8. The predicted molar refractivity (Wildman–Crippen MR) is 107 cm³/mol. The van der Waals surface area contributed by atoms with Gasteiger partial charge in [-0.1, -0.05) is 40.5 Å². The molecule has 0 aromatic heterocycles. The Bertz CT molecular complexity index is 602. The van der Waals surface area contributed by atoms with Crippen LogP contribution in [0.5, 0.6) is 0 Å². The summed E-state index contributed by atoms with van der Waals surface area (Å²) < 4.78 is 0. The van der Waals surface area contributed by atoms with Gasteiger partial charge in [0.25, 0.3) is 0 Å². The Morgan fingerprint density at radius 2 is 1.85 bits per heavy atom. The highest BCUT2D eigenvalue weighted by atomic mass is 16.3. The molecular formula is C24H40O3. The van der Waals surface area contributed by atoms with E-state index in [9.17, 15) is 15.0 Å². The lowest BCUT2D eigenvalue weighted by molar-refractivity contribution is -0.213. The minimum absolute atomic E-state index is 0.0271. The first-order valence-corrected chi connectivity index (χ1v) is 11.6. The molecule has 0 spiro atoms. The minimum atomic E-state index is -1.30. The van der Waals surface area contributed by atoms with E-state index >= 15 is 0 Å². The van der Waals surface area contributed by atoms with Crippen LogP contribution in [0.4, 0.5) is 0 Å². The monoisotopic (exact) mass is 376 g/mol. The molecule has 0 saturated heterocycles. The third kappa shape index (κ3) is 2.63. The van der Waals surface area contributed by atoms with Crippen molar-refractivity contribution in [3.8, 4) is 0 Å². The quantitative estimate of drug-likeness (QED) is 0.748. The number of fused-ring (bicyclic) bond motifs is 5. The summed E-state index contributed by atoms with van der Waals surface area (Å²) >= 11 is 0. The summed E-state index contributed by atoms with van der Waals surface area (Å²) in [4.78, 5) is 13.2. The summed E-state index contributed by atoms with van der Waals surface area (Å²) in [5.41, 5.74) is -1.27. The van der Waals surface area contributed by atoms with Gasteiger partial charge in [-0.25, -0.2) is 0 Å². The van der Waals surface area contributed by atoms with E-state index in [1.807, 2.05) is 0 Å². The fourth-order valence-corrected chi connectivity index (χ4v) is 8.65. The van der Waals surface area contributed by atoms with E-state index in [1.165, 1.54) is 32.1 Å². The summed E-state index contributed by atoms with van der Waals surface area (Å²) in [6.07, 6.45) is 9.34. The van der Waals surface area contributed by atoms with Crippen LogP contribution in [0, 0.1) is 40.4 Å². The second-order valence-corrected chi connectivity index (χ2v) is 11.2. The van der Waals surface area contributed by atoms with Crippen LogP contribution in [0.3, 0.4) is 0 Å². The smallest absolute Gasteiger partial charge is 0.165 e. The normalized spacial score (nSPS) is 53.4. The van der Waals surface area contributed by atoms with Gasteiger partial charge in [0.15, 0.2) is 5.78 Å². The van der Waals surface area contributed by atoms with Crippen molar-refractivity contribution < 1.29 is 15.0 Å². The zero-order chi connectivity index (χ0) is 19.6. The first-order chi connectivity index (χ1) is 12.7. The topological polar surface area (TPSA) is 57.5 Å². The second-order valence-electron chi connectivity index (χ2n) is 11.2. The van der Waals surface area contributed by atoms with Gasteiger partial charge in [0.2, 0.25) is 0 Å². The van der Waals surface area contributed by atoms with Crippen molar-refractivity contribution in [2.24, 2.45) is 40.4 Å². The van der Waals surface area contributed by atoms with E-state index in [1.54, 1.807) is 0 Å². The van der Waals surface area contributed by atoms with Crippen molar-refractivity contribution in [2.45, 2.75) is 104 Å². The molecule has 0 aliphatic heterocycles. The predicted octanol–water partition coefficient (Wildman–Crippen LogP) is 4.74. The Morgan fingerprint density at radius 3 is 2.56 bits per heavy atom. The van der Waals surface area contributed by atoms with Crippen molar-refractivity contribution in [1.29, 1.82) is 0 Å². The molecule has 4 aliphatic carbocycles. The number of ketones is 1. The fraction of sp³-hybridized carbons (Fsp3) is 0.958. The van der Waals surface area contributed by atoms with Gasteiger partial charge in [-0.3, -0.25) is 4.79 Å². The van der Waals surface area contributed by atoms with Gasteiger partial charge in [0, 0.05) is 18.3 Å². The van der Waals surface area contributed by atoms with Crippen LogP contribution in [0.2, 0.25) is 0 Å². The molecule has 3 nitrogen and oxygen atoms in total. The van der Waals surface area contributed by atoms with Crippen LogP contribution in [0.1, 0.15) is 91.9 Å². The fourth-order valence-electron chi connectivity index (χ4n) is 8.65. The minimum Gasteiger partial charge on any atom is -0.393 e. The molecule has 4 saturated carbocycles. The maximum atomic E-state index is 13.2. The number of hydrogen-bond acceptors (Lipinski definition) is 3. The number of rotatable bonds is 3. The molecule has 0 radical (unpaired) electrons. The van der Waals surface area contributed by atoms with Crippen LogP contribution in [-0.4, -0.2) is 27.7 Å². The van der Waals surface area contributed by atoms with Gasteiger partial charge in [-0.15, -0.1) is 0 Å². The largest absolute Gasteiger partial charge is 0.393 e. The van der Waals surface area contributed by atoms with Crippen LogP contribution < -0.4 is 0 Å². The number of Topliss-reactive ketones (excluding diaryl/α,β-unsaturated/α-hetero) is 1. The Morgan fingerprint density at radius 1 is 1.11 bits per heavy atom. The molecule has 4 fully saturated rings. The summed E-state index contributed by atoms with van der Waals surface area (Å²) in [7, 11) is 0. The molecule has 3 heteroatoms. The molecule has 0 unspecified atom stereocenters. The van der Waals surface area contributed by atoms with Crippen molar-refractivity contribution in [3.05, 3.63) is 0 Å². The lowest BCUT2D eigenvalue weighted by atomic mass is 9.42. The van der Waals surface area contributed by atoms with E-state index in [-0.39, 0.29) is 17.6 Å². The van der Waals surface area contributed by atoms with Crippen molar-refractivity contribution in [1.82, 2.24) is 0 Å². The Hall–Kier alpha value is -0.410. The zero-order valence-corrected chi connectivity index (χ0v) is 17.8. The van der Waals surface area contributed by atoms with Crippen LogP contribution in [0.25, 0.3) is 0 Å². The van der Waals surface area contributed by atoms with Gasteiger partial charge >= 0.3 is 0 Å². The lowest BCUT2D eigenvalue weighted by Crippen LogP contribution is -2.67. The maximum Gasteiger partial charge on any atom is 0.165 e. The van der Waals surface area contributed by atoms with Crippen LogP contribution in [0.15, 0.2) is 0 Å². The molecule has 9 atom stereocenters. The van der Waals surface area contributed by atoms with E-state index < -0.39 is 11.7 Å². The molecular weight excluding hydrogens is 336 g/mol. The van der Waals surface area contributed by atoms with Crippen molar-refractivity contribution >= 4 is 5.78 Å². The van der Waals surface area contributed by atoms with Crippen molar-refractivity contribution in [2.75, 3.05) is 0 Å². The number of aliphatic hydroxyl groups excluding tert-OH is 1. The van der Waals surface area contributed by atoms with E-state index in [0.29, 0.717) is 29.6 Å². The standard InChI is InChI=1S/C24H40O3/c1-5-6-15(2)18-7-8-19-17-13-21(26)24(27)14-16(25)9-12-23(24,4)20(17)10-11-22(18,19)3/h15-20,25,27H,5-14H2,1-4H3/t15-,16+,17+,18-,19+,20+,22-,23-,24+/m1/s1. The van der Waals surface area contributed by atoms with E-state index in [2.05, 4.69) is 27.7 Å². The molecule has 0 bridgehead atoms.